The molecule has 0 radical (unpaired) electrons. The minimum atomic E-state index is -3.30. The highest BCUT2D eigenvalue weighted by Gasteiger charge is 2.33. The summed E-state index contributed by atoms with van der Waals surface area (Å²) in [6.07, 6.45) is 0.411. The van der Waals surface area contributed by atoms with E-state index in [-0.39, 0.29) is 5.75 Å². The molecule has 0 spiro atoms. The molecule has 0 saturated carbocycles. The molecular weight excluding hydrogens is 238 g/mol. The van der Waals surface area contributed by atoms with Gasteiger partial charge in [-0.05, 0) is 17.5 Å². The van der Waals surface area contributed by atoms with Crippen LogP contribution in [0.5, 0.6) is 0 Å². The van der Waals surface area contributed by atoms with Crippen LogP contribution < -0.4 is 4.72 Å². The second-order valence-electron chi connectivity index (χ2n) is 4.38. The zero-order chi connectivity index (χ0) is 12.5. The molecule has 1 aromatic carbocycles. The van der Waals surface area contributed by atoms with E-state index in [1.165, 1.54) is 0 Å². The van der Waals surface area contributed by atoms with Gasteiger partial charge in [-0.2, -0.15) is 0 Å². The number of nitrogens with one attached hydrogen (secondary N) is 1. The number of sulfonamides is 1. The molecule has 2 rings (SSSR count). The fourth-order valence-corrected chi connectivity index (χ4v) is 3.56. The topological polar surface area (TPSA) is 66.4 Å². The van der Waals surface area contributed by atoms with Crippen LogP contribution in [0.2, 0.25) is 0 Å². The van der Waals surface area contributed by atoms with E-state index in [2.05, 4.69) is 4.72 Å². The van der Waals surface area contributed by atoms with Crippen molar-refractivity contribution in [3.05, 3.63) is 35.4 Å². The van der Waals surface area contributed by atoms with Gasteiger partial charge < -0.3 is 5.11 Å². The lowest BCUT2D eigenvalue weighted by molar-refractivity contribution is 0.151. The van der Waals surface area contributed by atoms with Crippen LogP contribution in [0.1, 0.15) is 30.5 Å². The Kier molecular flexibility index (Phi) is 3.51. The molecule has 0 bridgehead atoms. The molecule has 0 fully saturated rings. The number of aliphatic hydroxyl groups excluding tert-OH is 1. The van der Waals surface area contributed by atoms with Gasteiger partial charge >= 0.3 is 0 Å². The smallest absolute Gasteiger partial charge is 0.212 e. The third-order valence-electron chi connectivity index (χ3n) is 2.98. The van der Waals surface area contributed by atoms with E-state index in [4.69, 9.17) is 0 Å². The highest BCUT2D eigenvalue weighted by molar-refractivity contribution is 7.89. The monoisotopic (exact) mass is 255 g/mol. The Labute approximate surface area is 102 Å². The molecule has 4 nitrogen and oxygen atoms in total. The van der Waals surface area contributed by atoms with Crippen molar-refractivity contribution in [3.8, 4) is 0 Å². The number of rotatable bonds is 4. The summed E-state index contributed by atoms with van der Waals surface area (Å²) in [4.78, 5) is 0. The fourth-order valence-electron chi connectivity index (χ4n) is 2.24. The van der Waals surface area contributed by atoms with E-state index in [0.717, 1.165) is 11.1 Å². The molecule has 5 heteroatoms. The van der Waals surface area contributed by atoms with Crippen molar-refractivity contribution in [1.82, 2.24) is 4.72 Å². The first-order valence-electron chi connectivity index (χ1n) is 5.79. The summed E-state index contributed by atoms with van der Waals surface area (Å²) < 4.78 is 26.0. The van der Waals surface area contributed by atoms with Crippen LogP contribution in [0.25, 0.3) is 0 Å². The second-order valence-corrected chi connectivity index (χ2v) is 6.26. The summed E-state index contributed by atoms with van der Waals surface area (Å²) in [5.74, 6) is 0.0956. The van der Waals surface area contributed by atoms with E-state index < -0.39 is 22.2 Å². The van der Waals surface area contributed by atoms with E-state index in [1.807, 2.05) is 31.2 Å². The molecule has 1 aliphatic carbocycles. The lowest BCUT2D eigenvalue weighted by Crippen LogP contribution is -2.35. The van der Waals surface area contributed by atoms with E-state index >= 15 is 0 Å². The molecule has 1 aromatic rings. The third kappa shape index (κ3) is 2.68. The Bertz CT molecular complexity index is 498. The van der Waals surface area contributed by atoms with Crippen LogP contribution >= 0.6 is 0 Å². The maximum absolute atomic E-state index is 11.7. The van der Waals surface area contributed by atoms with Crippen LogP contribution in [0, 0.1) is 0 Å². The largest absolute Gasteiger partial charge is 0.391 e. The molecule has 2 N–H and O–H groups in total. The number of hydrogen-bond acceptors (Lipinski definition) is 3. The Morgan fingerprint density at radius 3 is 2.82 bits per heavy atom. The number of fused-ring (bicyclic) bond motifs is 1. The molecule has 2 atom stereocenters. The van der Waals surface area contributed by atoms with Crippen molar-refractivity contribution < 1.29 is 13.5 Å². The Hall–Kier alpha value is -0.910. The third-order valence-corrected chi connectivity index (χ3v) is 4.54. The van der Waals surface area contributed by atoms with E-state index in [1.54, 1.807) is 0 Å². The van der Waals surface area contributed by atoms with Gasteiger partial charge in [-0.25, -0.2) is 13.1 Å². The molecule has 0 aromatic heterocycles. The summed E-state index contributed by atoms with van der Waals surface area (Å²) in [6.45, 7) is 1.82. The zero-order valence-electron chi connectivity index (χ0n) is 9.76. The molecular formula is C12H17NO3S. The fraction of sp³-hybridized carbons (Fsp3) is 0.500. The molecule has 0 aliphatic heterocycles. The maximum Gasteiger partial charge on any atom is 0.212 e. The maximum atomic E-state index is 11.7. The predicted molar refractivity (Wildman–Crippen MR) is 66.1 cm³/mol. The summed E-state index contributed by atoms with van der Waals surface area (Å²) in [6, 6.07) is 7.05. The summed E-state index contributed by atoms with van der Waals surface area (Å²) in [5.41, 5.74) is 1.91. The van der Waals surface area contributed by atoms with Crippen molar-refractivity contribution in [2.45, 2.75) is 31.9 Å². The normalized spacial score (nSPS) is 23.6. The standard InChI is InChI=1S/C12H17NO3S/c1-2-7-17(15,16)13-12-10-6-4-3-5-9(10)8-11(12)14/h3-6,11-14H,2,7-8H2,1H3. The lowest BCUT2D eigenvalue weighted by atomic mass is 10.1. The average Bonchev–Trinajstić information content (AvgIpc) is 2.55. The summed E-state index contributed by atoms with van der Waals surface area (Å²) >= 11 is 0. The van der Waals surface area contributed by atoms with Gasteiger partial charge in [0.1, 0.15) is 0 Å². The first-order chi connectivity index (χ1) is 8.03. The molecule has 0 heterocycles. The lowest BCUT2D eigenvalue weighted by Gasteiger charge is -2.17. The van der Waals surface area contributed by atoms with Crippen molar-refractivity contribution in [2.24, 2.45) is 0 Å². The molecule has 0 amide bonds. The van der Waals surface area contributed by atoms with Crippen molar-refractivity contribution >= 4 is 10.0 Å². The number of aliphatic hydroxyl groups is 1. The van der Waals surface area contributed by atoms with Crippen molar-refractivity contribution in [2.75, 3.05) is 5.75 Å². The molecule has 94 valence electrons. The molecule has 2 unspecified atom stereocenters. The highest BCUT2D eigenvalue weighted by atomic mass is 32.2. The minimum absolute atomic E-state index is 0.0956. The molecule has 1 aliphatic rings. The van der Waals surface area contributed by atoms with Gasteiger partial charge in [-0.1, -0.05) is 31.2 Å². The Balaban J connectivity index is 2.23. The van der Waals surface area contributed by atoms with Crippen LogP contribution in [0.3, 0.4) is 0 Å². The average molecular weight is 255 g/mol. The van der Waals surface area contributed by atoms with Crippen LogP contribution in [-0.4, -0.2) is 25.4 Å². The van der Waals surface area contributed by atoms with Crippen LogP contribution in [0.4, 0.5) is 0 Å². The first-order valence-corrected chi connectivity index (χ1v) is 7.44. The number of benzene rings is 1. The van der Waals surface area contributed by atoms with Gasteiger partial charge in [-0.15, -0.1) is 0 Å². The van der Waals surface area contributed by atoms with Crippen LogP contribution in [0.15, 0.2) is 24.3 Å². The Morgan fingerprint density at radius 1 is 1.41 bits per heavy atom. The van der Waals surface area contributed by atoms with E-state index in [9.17, 15) is 13.5 Å². The van der Waals surface area contributed by atoms with Gasteiger partial charge in [0, 0.05) is 6.42 Å². The quantitative estimate of drug-likeness (QED) is 0.842. The SMILES string of the molecule is CCCS(=O)(=O)NC1c2ccccc2CC1O. The van der Waals surface area contributed by atoms with E-state index in [0.29, 0.717) is 12.8 Å². The number of hydrogen-bond donors (Lipinski definition) is 2. The van der Waals surface area contributed by atoms with Gasteiger partial charge in [0.15, 0.2) is 0 Å². The van der Waals surface area contributed by atoms with Crippen molar-refractivity contribution in [1.29, 1.82) is 0 Å². The highest BCUT2D eigenvalue weighted by Crippen LogP contribution is 2.31. The van der Waals surface area contributed by atoms with Gasteiger partial charge in [0.05, 0.1) is 17.9 Å². The molecule has 17 heavy (non-hydrogen) atoms. The predicted octanol–water partition coefficient (Wildman–Crippen LogP) is 0.974. The second kappa shape index (κ2) is 4.76. The van der Waals surface area contributed by atoms with Gasteiger partial charge in [-0.3, -0.25) is 0 Å². The minimum Gasteiger partial charge on any atom is -0.391 e. The van der Waals surface area contributed by atoms with Gasteiger partial charge in [0.25, 0.3) is 0 Å². The summed E-state index contributed by atoms with van der Waals surface area (Å²) in [5, 5.41) is 9.91. The summed E-state index contributed by atoms with van der Waals surface area (Å²) in [7, 11) is -3.30. The Morgan fingerprint density at radius 2 is 2.12 bits per heavy atom. The molecule has 0 saturated heterocycles. The zero-order valence-corrected chi connectivity index (χ0v) is 10.6. The first kappa shape index (κ1) is 12.5. The van der Waals surface area contributed by atoms with Crippen LogP contribution in [-0.2, 0) is 16.4 Å². The van der Waals surface area contributed by atoms with Gasteiger partial charge in [0.2, 0.25) is 10.0 Å². The van der Waals surface area contributed by atoms with Crippen molar-refractivity contribution in [3.63, 3.8) is 0 Å².